The van der Waals surface area contributed by atoms with Gasteiger partial charge in [-0.3, -0.25) is 4.98 Å². The standard InChI is InChI=1S/C18H20N2O2S/c21-23(22,20-12-14-3-4-15(10-14)13-20)18-7-5-16(6-8-18)17-2-1-9-19-11-17/h1-2,5-9,11,14-15H,3-4,10,12-13H2/t14-,15+. The lowest BCUT2D eigenvalue weighted by Gasteiger charge is -2.30. The summed E-state index contributed by atoms with van der Waals surface area (Å²) in [5, 5.41) is 0. The first-order chi connectivity index (χ1) is 11.1. The monoisotopic (exact) mass is 328 g/mol. The molecule has 2 aromatic rings. The van der Waals surface area contributed by atoms with Gasteiger partial charge in [-0.2, -0.15) is 4.31 Å². The van der Waals surface area contributed by atoms with Crippen molar-refractivity contribution in [2.45, 2.75) is 24.2 Å². The predicted octanol–water partition coefficient (Wildman–Crippen LogP) is 3.17. The summed E-state index contributed by atoms with van der Waals surface area (Å²) in [6, 6.07) is 11.0. The van der Waals surface area contributed by atoms with E-state index in [9.17, 15) is 8.42 Å². The van der Waals surface area contributed by atoms with Crippen molar-refractivity contribution in [3.05, 3.63) is 48.8 Å². The molecule has 0 amide bonds. The number of nitrogens with zero attached hydrogens (tertiary/aromatic N) is 2. The molecule has 4 nitrogen and oxygen atoms in total. The molecule has 2 fully saturated rings. The Morgan fingerprint density at radius 3 is 2.26 bits per heavy atom. The minimum absolute atomic E-state index is 0.395. The highest BCUT2D eigenvalue weighted by molar-refractivity contribution is 7.89. The van der Waals surface area contributed by atoms with E-state index in [0.29, 0.717) is 29.8 Å². The van der Waals surface area contributed by atoms with E-state index in [0.717, 1.165) is 11.1 Å². The molecular formula is C18H20N2O2S. The molecule has 2 aliphatic rings. The highest BCUT2D eigenvalue weighted by atomic mass is 32.2. The zero-order valence-electron chi connectivity index (χ0n) is 12.9. The SMILES string of the molecule is O=S(=O)(c1ccc(-c2cccnc2)cc1)N1C[C@@H]2CC[C@@H](C2)C1. The number of pyridine rings is 1. The predicted molar refractivity (Wildman–Crippen MR) is 89.3 cm³/mol. The first kappa shape index (κ1) is 14.8. The van der Waals surface area contributed by atoms with Crippen molar-refractivity contribution < 1.29 is 8.42 Å². The van der Waals surface area contributed by atoms with Gasteiger partial charge in [0, 0.05) is 25.5 Å². The van der Waals surface area contributed by atoms with Crippen molar-refractivity contribution in [2.75, 3.05) is 13.1 Å². The van der Waals surface area contributed by atoms with Crippen molar-refractivity contribution in [1.82, 2.24) is 9.29 Å². The number of fused-ring (bicyclic) bond motifs is 2. The molecule has 0 N–H and O–H groups in total. The highest BCUT2D eigenvalue weighted by Gasteiger charge is 2.38. The lowest BCUT2D eigenvalue weighted by molar-refractivity contribution is 0.261. The summed E-state index contributed by atoms with van der Waals surface area (Å²) in [6.45, 7) is 1.37. The molecule has 1 aromatic heterocycles. The smallest absolute Gasteiger partial charge is 0.243 e. The largest absolute Gasteiger partial charge is 0.264 e. The summed E-state index contributed by atoms with van der Waals surface area (Å²) in [5.41, 5.74) is 1.98. The molecule has 1 aromatic carbocycles. The molecule has 0 unspecified atom stereocenters. The highest BCUT2D eigenvalue weighted by Crippen LogP contribution is 2.38. The fraction of sp³-hybridized carbons (Fsp3) is 0.389. The Hall–Kier alpha value is -1.72. The third-order valence-corrected chi connectivity index (χ3v) is 6.91. The van der Waals surface area contributed by atoms with E-state index >= 15 is 0 Å². The molecule has 1 aliphatic carbocycles. The number of benzene rings is 1. The Morgan fingerprint density at radius 1 is 0.957 bits per heavy atom. The Labute approximate surface area is 137 Å². The van der Waals surface area contributed by atoms with E-state index in [4.69, 9.17) is 0 Å². The quantitative estimate of drug-likeness (QED) is 0.869. The second-order valence-electron chi connectivity index (χ2n) is 6.63. The molecule has 1 saturated carbocycles. The molecule has 1 aliphatic heterocycles. The zero-order chi connectivity index (χ0) is 15.9. The van der Waals surface area contributed by atoms with E-state index in [-0.39, 0.29) is 0 Å². The maximum absolute atomic E-state index is 12.9. The second-order valence-corrected chi connectivity index (χ2v) is 8.57. The summed E-state index contributed by atoms with van der Waals surface area (Å²) in [4.78, 5) is 4.50. The number of hydrogen-bond acceptors (Lipinski definition) is 3. The molecule has 2 heterocycles. The molecule has 5 heteroatoms. The van der Waals surface area contributed by atoms with Gasteiger partial charge >= 0.3 is 0 Å². The molecule has 0 radical (unpaired) electrons. The topological polar surface area (TPSA) is 50.3 Å². The normalized spacial score (nSPS) is 24.7. The molecule has 2 atom stereocenters. The maximum Gasteiger partial charge on any atom is 0.243 e. The van der Waals surface area contributed by atoms with E-state index in [1.807, 2.05) is 24.3 Å². The summed E-state index contributed by atoms with van der Waals surface area (Å²) in [7, 11) is -3.37. The Morgan fingerprint density at radius 2 is 1.65 bits per heavy atom. The minimum atomic E-state index is -3.37. The van der Waals surface area contributed by atoms with Gasteiger partial charge in [0.2, 0.25) is 10.0 Å². The molecule has 2 bridgehead atoms. The lowest BCUT2D eigenvalue weighted by atomic mass is 10.0. The Balaban J connectivity index is 1.60. The second kappa shape index (κ2) is 5.73. The molecule has 4 rings (SSSR count). The third kappa shape index (κ3) is 2.79. The molecule has 0 spiro atoms. The van der Waals surface area contributed by atoms with Crippen LogP contribution in [-0.4, -0.2) is 30.8 Å². The van der Waals surface area contributed by atoms with Crippen molar-refractivity contribution in [2.24, 2.45) is 11.8 Å². The van der Waals surface area contributed by atoms with Crippen LogP contribution in [0.4, 0.5) is 0 Å². The van der Waals surface area contributed by atoms with Gasteiger partial charge in [0.1, 0.15) is 0 Å². The maximum atomic E-state index is 12.9. The fourth-order valence-corrected chi connectivity index (χ4v) is 5.45. The van der Waals surface area contributed by atoms with Crippen LogP contribution in [0.15, 0.2) is 53.7 Å². The van der Waals surface area contributed by atoms with Gasteiger partial charge in [-0.1, -0.05) is 18.2 Å². The van der Waals surface area contributed by atoms with E-state index in [1.54, 1.807) is 28.8 Å². The van der Waals surface area contributed by atoms with Crippen molar-refractivity contribution in [1.29, 1.82) is 0 Å². The van der Waals surface area contributed by atoms with Crippen LogP contribution in [0.5, 0.6) is 0 Å². The van der Waals surface area contributed by atoms with Crippen LogP contribution in [0.1, 0.15) is 19.3 Å². The van der Waals surface area contributed by atoms with Gasteiger partial charge < -0.3 is 0 Å². The van der Waals surface area contributed by atoms with E-state index in [2.05, 4.69) is 4.98 Å². The Kier molecular flexibility index (Phi) is 3.70. The summed E-state index contributed by atoms with van der Waals surface area (Å²) >= 11 is 0. The molecular weight excluding hydrogens is 308 g/mol. The van der Waals surface area contributed by atoms with Crippen LogP contribution >= 0.6 is 0 Å². The number of hydrogen-bond donors (Lipinski definition) is 0. The summed E-state index contributed by atoms with van der Waals surface area (Å²) in [5.74, 6) is 1.11. The van der Waals surface area contributed by atoms with E-state index < -0.39 is 10.0 Å². The summed E-state index contributed by atoms with van der Waals surface area (Å²) < 4.78 is 27.4. The van der Waals surface area contributed by atoms with Gasteiger partial charge in [-0.05, 0) is 60.4 Å². The van der Waals surface area contributed by atoms with Gasteiger partial charge in [0.15, 0.2) is 0 Å². The zero-order valence-corrected chi connectivity index (χ0v) is 13.7. The van der Waals surface area contributed by atoms with Crippen LogP contribution in [0, 0.1) is 11.8 Å². The van der Waals surface area contributed by atoms with Gasteiger partial charge in [0.25, 0.3) is 0 Å². The summed E-state index contributed by atoms with van der Waals surface area (Å²) in [6.07, 6.45) is 7.07. The first-order valence-corrected chi connectivity index (χ1v) is 9.57. The van der Waals surface area contributed by atoms with Crippen LogP contribution in [0.3, 0.4) is 0 Å². The van der Waals surface area contributed by atoms with Crippen molar-refractivity contribution in [3.63, 3.8) is 0 Å². The Bertz CT molecular complexity index is 776. The van der Waals surface area contributed by atoms with Crippen LogP contribution in [0.25, 0.3) is 11.1 Å². The number of piperidine rings is 1. The van der Waals surface area contributed by atoms with Crippen LogP contribution < -0.4 is 0 Å². The lowest BCUT2D eigenvalue weighted by Crippen LogP contribution is -2.40. The number of sulfonamides is 1. The van der Waals surface area contributed by atoms with Gasteiger partial charge in [-0.25, -0.2) is 8.42 Å². The number of rotatable bonds is 3. The van der Waals surface area contributed by atoms with Crippen molar-refractivity contribution in [3.8, 4) is 11.1 Å². The van der Waals surface area contributed by atoms with E-state index in [1.165, 1.54) is 19.3 Å². The molecule has 120 valence electrons. The van der Waals surface area contributed by atoms with Crippen molar-refractivity contribution >= 4 is 10.0 Å². The number of aromatic nitrogens is 1. The average molecular weight is 328 g/mol. The van der Waals surface area contributed by atoms with Crippen LogP contribution in [0.2, 0.25) is 0 Å². The average Bonchev–Trinajstić information content (AvgIpc) is 2.93. The minimum Gasteiger partial charge on any atom is -0.264 e. The molecule has 1 saturated heterocycles. The van der Waals surface area contributed by atoms with Gasteiger partial charge in [0.05, 0.1) is 4.90 Å². The molecule has 23 heavy (non-hydrogen) atoms. The fourth-order valence-electron chi connectivity index (χ4n) is 3.86. The van der Waals surface area contributed by atoms with Crippen LogP contribution in [-0.2, 0) is 10.0 Å². The third-order valence-electron chi connectivity index (χ3n) is 5.06. The first-order valence-electron chi connectivity index (χ1n) is 8.13. The van der Waals surface area contributed by atoms with Gasteiger partial charge in [-0.15, -0.1) is 0 Å².